The molecule has 0 rings (SSSR count). The number of likely N-dealkylation sites (N-methyl/N-ethyl adjacent to an activating group) is 1. The molecule has 9 nitrogen and oxygen atoms in total. The zero-order chi connectivity index (χ0) is 70.4. The Hall–Kier alpha value is -4.57. The number of carboxylic acid groups (broad SMARTS) is 1. The molecule has 0 radical (unpaired) electrons. The highest BCUT2D eigenvalue weighted by atomic mass is 16.7. The summed E-state index contributed by atoms with van der Waals surface area (Å²) >= 11 is 0. The Morgan fingerprint density at radius 1 is 0.309 bits per heavy atom. The smallest absolute Gasteiger partial charge is 0.361 e. The molecule has 0 amide bonds. The van der Waals surface area contributed by atoms with Crippen LogP contribution in [0.25, 0.3) is 0 Å². The van der Waals surface area contributed by atoms with Gasteiger partial charge >= 0.3 is 17.9 Å². The fourth-order valence-corrected chi connectivity index (χ4v) is 11.3. The fourth-order valence-electron chi connectivity index (χ4n) is 11.3. The number of nitrogens with zero attached hydrogens (tertiary/aromatic N) is 1. The first-order valence-electron chi connectivity index (χ1n) is 40.3. The van der Waals surface area contributed by atoms with E-state index in [4.69, 9.17) is 18.9 Å². The molecule has 0 aromatic carbocycles. The molecule has 0 aliphatic rings. The van der Waals surface area contributed by atoms with Crippen molar-refractivity contribution in [3.63, 3.8) is 0 Å². The van der Waals surface area contributed by atoms with Gasteiger partial charge < -0.3 is 28.5 Å². The molecule has 0 saturated carbocycles. The monoisotopic (exact) mass is 1350 g/mol. The lowest BCUT2D eigenvalue weighted by atomic mass is 10.0. The summed E-state index contributed by atoms with van der Waals surface area (Å²) in [5.74, 6) is -1.99. The molecule has 0 bridgehead atoms. The summed E-state index contributed by atoms with van der Waals surface area (Å²) in [6.45, 7) is 4.68. The van der Waals surface area contributed by atoms with Crippen LogP contribution in [0.5, 0.6) is 0 Å². The number of rotatable bonds is 74. The predicted molar refractivity (Wildman–Crippen MR) is 419 cm³/mol. The van der Waals surface area contributed by atoms with Crippen LogP contribution in [0.4, 0.5) is 0 Å². The van der Waals surface area contributed by atoms with E-state index in [9.17, 15) is 19.5 Å². The predicted octanol–water partition coefficient (Wildman–Crippen LogP) is 26.0. The maximum absolute atomic E-state index is 13.0. The number of carbonyl (C=O) groups is 3. The molecule has 556 valence electrons. The standard InChI is InChI=1S/C88H151NO8/c1-6-8-10-12-14-16-18-20-22-24-26-28-30-32-34-36-38-40-42-43-45-46-48-50-52-54-56-58-60-62-64-66-68-70-72-74-76-78-85(90)95-82-84(83-96-88(87(92)93)94-81-80-89(3,4)5)97-86(91)79-77-75-73-71-69-67-65-63-61-59-57-55-53-51-49-47-44-41-39-37-35-33-31-29-27-25-23-21-19-17-15-13-11-9-7-2/h8-11,14-17,20-23,26-29,32-35,39,41,84,88H,6-7,12-13,18-19,24-25,30-31,36-38,40,42-83H2,1-5H3/p+1/b10-8-,11-9-,16-14-,17-15-,22-20-,23-21-,28-26-,29-27-,34-32-,35-33-,41-39-. The Kier molecular flexibility index (Phi) is 73.5. The van der Waals surface area contributed by atoms with Crippen LogP contribution in [0, 0.1) is 0 Å². The molecule has 0 aromatic rings. The van der Waals surface area contributed by atoms with Crippen molar-refractivity contribution in [1.29, 1.82) is 0 Å². The van der Waals surface area contributed by atoms with Crippen molar-refractivity contribution in [3.05, 3.63) is 134 Å². The first-order valence-corrected chi connectivity index (χ1v) is 40.3. The topological polar surface area (TPSA) is 108 Å². The first-order chi connectivity index (χ1) is 47.6. The molecule has 97 heavy (non-hydrogen) atoms. The number of quaternary nitrogens is 1. The number of carboxylic acids is 1. The molecular weight excluding hydrogens is 1200 g/mol. The molecule has 0 fully saturated rings. The number of carbonyl (C=O) groups excluding carboxylic acids is 2. The number of unbranched alkanes of at least 4 members (excludes halogenated alkanes) is 37. The molecule has 0 aliphatic heterocycles. The summed E-state index contributed by atoms with van der Waals surface area (Å²) in [6.07, 6.45) is 109. The van der Waals surface area contributed by atoms with Gasteiger partial charge in [0, 0.05) is 12.8 Å². The molecule has 0 spiro atoms. The minimum absolute atomic E-state index is 0.183. The van der Waals surface area contributed by atoms with Crippen LogP contribution in [0.3, 0.4) is 0 Å². The van der Waals surface area contributed by atoms with Gasteiger partial charge in [-0.25, -0.2) is 4.79 Å². The van der Waals surface area contributed by atoms with Gasteiger partial charge in [-0.05, 0) is 109 Å². The summed E-state index contributed by atoms with van der Waals surface area (Å²) in [6, 6.07) is 0. The second-order valence-electron chi connectivity index (χ2n) is 28.0. The lowest BCUT2D eigenvalue weighted by Gasteiger charge is -2.25. The maximum atomic E-state index is 13.0. The van der Waals surface area contributed by atoms with E-state index in [1.807, 2.05) is 21.1 Å². The lowest BCUT2D eigenvalue weighted by Crippen LogP contribution is -2.40. The average molecular weight is 1350 g/mol. The molecule has 9 heteroatoms. The minimum Gasteiger partial charge on any atom is -0.477 e. The average Bonchev–Trinajstić information content (AvgIpc) is 3.74. The van der Waals surface area contributed by atoms with Crippen molar-refractivity contribution in [1.82, 2.24) is 0 Å². The Balaban J connectivity index is 4.01. The number of hydrogen-bond acceptors (Lipinski definition) is 7. The SMILES string of the molecule is CC/C=C\C/C=C\C/C=C\C/C=C\C/C=C\C/C=C\CCCCCCCCCCCCCCCCCCC(=O)OC(COC(=O)CCCCCCCCCCCCCCCCCCCCCCC/C=C\C/C=C\C/C=C\C/C=C\C/C=C\CC)COC(OCC[N+](C)(C)C)C(=O)O. The summed E-state index contributed by atoms with van der Waals surface area (Å²) in [4.78, 5) is 37.8. The highest BCUT2D eigenvalue weighted by molar-refractivity contribution is 5.71. The molecule has 0 aromatic heterocycles. The number of esters is 2. The second-order valence-corrected chi connectivity index (χ2v) is 28.0. The molecular formula is C88H152NO8+. The van der Waals surface area contributed by atoms with Gasteiger partial charge in [-0.1, -0.05) is 359 Å². The van der Waals surface area contributed by atoms with Crippen LogP contribution in [-0.4, -0.2) is 87.4 Å². The Morgan fingerprint density at radius 3 is 0.825 bits per heavy atom. The van der Waals surface area contributed by atoms with Crippen molar-refractivity contribution < 1.29 is 42.9 Å². The van der Waals surface area contributed by atoms with E-state index in [-0.39, 0.29) is 32.2 Å². The van der Waals surface area contributed by atoms with Gasteiger partial charge in [-0.15, -0.1) is 0 Å². The van der Waals surface area contributed by atoms with E-state index in [0.717, 1.165) is 109 Å². The molecule has 2 unspecified atom stereocenters. The maximum Gasteiger partial charge on any atom is 0.361 e. The van der Waals surface area contributed by atoms with Crippen LogP contribution < -0.4 is 0 Å². The number of ether oxygens (including phenoxy) is 4. The Morgan fingerprint density at radius 2 is 0.557 bits per heavy atom. The summed E-state index contributed by atoms with van der Waals surface area (Å²) < 4.78 is 23.1. The summed E-state index contributed by atoms with van der Waals surface area (Å²) in [5.41, 5.74) is 0. The number of hydrogen-bond donors (Lipinski definition) is 1. The quantitative estimate of drug-likeness (QED) is 0.0211. The van der Waals surface area contributed by atoms with Gasteiger partial charge in [-0.2, -0.15) is 0 Å². The van der Waals surface area contributed by atoms with Crippen LogP contribution in [-0.2, 0) is 33.3 Å². The van der Waals surface area contributed by atoms with E-state index in [1.165, 1.54) is 212 Å². The van der Waals surface area contributed by atoms with Crippen molar-refractivity contribution >= 4 is 17.9 Å². The van der Waals surface area contributed by atoms with Crippen molar-refractivity contribution in [2.24, 2.45) is 0 Å². The number of allylic oxidation sites excluding steroid dienone is 22. The van der Waals surface area contributed by atoms with E-state index in [1.54, 1.807) is 0 Å². The van der Waals surface area contributed by atoms with Crippen LogP contribution >= 0.6 is 0 Å². The highest BCUT2D eigenvalue weighted by Crippen LogP contribution is 2.19. The van der Waals surface area contributed by atoms with Gasteiger partial charge in [0.05, 0.1) is 34.4 Å². The zero-order valence-electron chi connectivity index (χ0n) is 63.7. The van der Waals surface area contributed by atoms with E-state index >= 15 is 0 Å². The lowest BCUT2D eigenvalue weighted by molar-refractivity contribution is -0.870. The molecule has 0 saturated heterocycles. The van der Waals surface area contributed by atoms with Gasteiger partial charge in [0.1, 0.15) is 13.2 Å². The van der Waals surface area contributed by atoms with Crippen molar-refractivity contribution in [2.45, 2.75) is 360 Å². The third-order valence-electron chi connectivity index (χ3n) is 17.4. The van der Waals surface area contributed by atoms with Crippen LogP contribution in [0.1, 0.15) is 348 Å². The van der Waals surface area contributed by atoms with Crippen LogP contribution in [0.15, 0.2) is 134 Å². The highest BCUT2D eigenvalue weighted by Gasteiger charge is 2.25. The summed E-state index contributed by atoms with van der Waals surface area (Å²) in [5, 5.41) is 9.78. The fraction of sp³-hybridized carbons (Fsp3) is 0.716. The third-order valence-corrected chi connectivity index (χ3v) is 17.4. The van der Waals surface area contributed by atoms with Crippen LogP contribution in [0.2, 0.25) is 0 Å². The molecule has 2 atom stereocenters. The van der Waals surface area contributed by atoms with Gasteiger partial charge in [0.25, 0.3) is 6.29 Å². The van der Waals surface area contributed by atoms with Gasteiger partial charge in [-0.3, -0.25) is 9.59 Å². The summed E-state index contributed by atoms with van der Waals surface area (Å²) in [7, 11) is 5.99. The van der Waals surface area contributed by atoms with Crippen molar-refractivity contribution in [3.8, 4) is 0 Å². The molecule has 1 N–H and O–H groups in total. The molecule has 0 heterocycles. The second kappa shape index (κ2) is 77.2. The Labute approximate surface area is 599 Å². The Bertz CT molecular complexity index is 2060. The number of aliphatic carboxylic acids is 1. The van der Waals surface area contributed by atoms with E-state index in [2.05, 4.69) is 148 Å². The van der Waals surface area contributed by atoms with Crippen molar-refractivity contribution in [2.75, 3.05) is 47.5 Å². The first kappa shape index (κ1) is 92.4. The third kappa shape index (κ3) is 78.6. The van der Waals surface area contributed by atoms with Gasteiger partial charge in [0.15, 0.2) is 6.10 Å². The minimum atomic E-state index is -1.52. The molecule has 0 aliphatic carbocycles. The van der Waals surface area contributed by atoms with E-state index in [0.29, 0.717) is 17.4 Å². The zero-order valence-corrected chi connectivity index (χ0v) is 63.7. The largest absolute Gasteiger partial charge is 0.477 e. The van der Waals surface area contributed by atoms with Gasteiger partial charge in [0.2, 0.25) is 0 Å². The van der Waals surface area contributed by atoms with E-state index < -0.39 is 24.3 Å². The normalized spacial score (nSPS) is 13.4.